The largest absolute Gasteiger partial charge is 0.393 e. The Hall–Kier alpha value is -2.15. The first-order valence-corrected chi connectivity index (χ1v) is 6.78. The van der Waals surface area contributed by atoms with Crippen molar-refractivity contribution in [2.75, 3.05) is 12.3 Å². The second kappa shape index (κ2) is 5.69. The van der Waals surface area contributed by atoms with Crippen LogP contribution in [0.3, 0.4) is 0 Å². The summed E-state index contributed by atoms with van der Waals surface area (Å²) in [7, 11) is 0. The van der Waals surface area contributed by atoms with E-state index >= 15 is 0 Å². The van der Waals surface area contributed by atoms with Gasteiger partial charge in [0.05, 0.1) is 16.1 Å². The molecule has 1 aliphatic rings. The second-order valence-corrected chi connectivity index (χ2v) is 5.77. The Labute approximate surface area is 122 Å². The van der Waals surface area contributed by atoms with E-state index in [1.54, 1.807) is 0 Å². The third kappa shape index (κ3) is 3.49. The molecule has 0 aromatic heterocycles. The van der Waals surface area contributed by atoms with Crippen molar-refractivity contribution in [1.82, 2.24) is 5.32 Å². The Morgan fingerprint density at radius 3 is 2.86 bits per heavy atom. The smallest absolute Gasteiger partial charge is 0.292 e. The molecule has 1 aromatic rings. The van der Waals surface area contributed by atoms with Gasteiger partial charge in [-0.2, -0.15) is 0 Å². The normalized spacial score (nSPS) is 20.8. The molecule has 0 aliphatic carbocycles. The number of benzene rings is 1. The van der Waals surface area contributed by atoms with Gasteiger partial charge in [-0.3, -0.25) is 14.9 Å². The van der Waals surface area contributed by atoms with Crippen LogP contribution in [-0.2, 0) is 4.74 Å². The number of para-hydroxylation sites is 1. The molecule has 1 aromatic carbocycles. The van der Waals surface area contributed by atoms with Crippen LogP contribution in [0.5, 0.6) is 0 Å². The van der Waals surface area contributed by atoms with Gasteiger partial charge in [0, 0.05) is 18.7 Å². The monoisotopic (exact) mass is 293 g/mol. The van der Waals surface area contributed by atoms with Crippen LogP contribution in [-0.4, -0.2) is 29.1 Å². The minimum atomic E-state index is -0.594. The van der Waals surface area contributed by atoms with Crippen molar-refractivity contribution >= 4 is 17.3 Å². The first-order valence-electron chi connectivity index (χ1n) is 6.78. The zero-order chi connectivity index (χ0) is 15.6. The van der Waals surface area contributed by atoms with Gasteiger partial charge in [0.2, 0.25) is 0 Å². The quantitative estimate of drug-likeness (QED) is 0.502. The van der Waals surface area contributed by atoms with E-state index in [0.717, 1.165) is 0 Å². The van der Waals surface area contributed by atoms with Crippen molar-refractivity contribution in [3.63, 3.8) is 0 Å². The van der Waals surface area contributed by atoms with Gasteiger partial charge in [-0.25, -0.2) is 0 Å². The zero-order valence-electron chi connectivity index (χ0n) is 12.1. The standard InChI is InChI=1S/C14H19N3O4/c1-14(2)8-9(6-7-21-14)16-13(18)10-4-3-5-11(12(10)15)17(19)20/h3-5,9H,6-8,15H2,1-2H3,(H,16,18). The molecule has 1 aliphatic heterocycles. The summed E-state index contributed by atoms with van der Waals surface area (Å²) < 4.78 is 5.59. The zero-order valence-corrected chi connectivity index (χ0v) is 12.1. The van der Waals surface area contributed by atoms with E-state index in [1.807, 2.05) is 13.8 Å². The van der Waals surface area contributed by atoms with Crippen molar-refractivity contribution in [3.05, 3.63) is 33.9 Å². The van der Waals surface area contributed by atoms with Gasteiger partial charge in [0.1, 0.15) is 5.69 Å². The average Bonchev–Trinajstić information content (AvgIpc) is 2.37. The summed E-state index contributed by atoms with van der Waals surface area (Å²) in [5, 5.41) is 13.7. The molecule has 7 nitrogen and oxygen atoms in total. The summed E-state index contributed by atoms with van der Waals surface area (Å²) in [4.78, 5) is 22.5. The summed E-state index contributed by atoms with van der Waals surface area (Å²) >= 11 is 0. The summed E-state index contributed by atoms with van der Waals surface area (Å²) in [6.45, 7) is 4.50. The molecule has 3 N–H and O–H groups in total. The maximum absolute atomic E-state index is 12.3. The molecule has 7 heteroatoms. The number of nitrogen functional groups attached to an aromatic ring is 1. The second-order valence-electron chi connectivity index (χ2n) is 5.77. The predicted octanol–water partition coefficient (Wildman–Crippen LogP) is 1.86. The highest BCUT2D eigenvalue weighted by atomic mass is 16.6. The van der Waals surface area contributed by atoms with Crippen LogP contribution in [0.25, 0.3) is 0 Å². The van der Waals surface area contributed by atoms with Crippen molar-refractivity contribution in [2.24, 2.45) is 0 Å². The SMILES string of the molecule is CC1(C)CC(NC(=O)c2cccc([N+](=O)[O-])c2N)CCO1. The first-order chi connectivity index (χ1) is 9.80. The Bertz CT molecular complexity index is 571. The predicted molar refractivity (Wildman–Crippen MR) is 78.0 cm³/mol. The molecule has 1 fully saturated rings. The Morgan fingerprint density at radius 2 is 2.24 bits per heavy atom. The number of rotatable bonds is 3. The van der Waals surface area contributed by atoms with Crippen molar-refractivity contribution in [1.29, 1.82) is 0 Å². The molecule has 0 saturated carbocycles. The van der Waals surface area contributed by atoms with E-state index < -0.39 is 4.92 Å². The molecule has 21 heavy (non-hydrogen) atoms. The Kier molecular flexibility index (Phi) is 4.13. The summed E-state index contributed by atoms with van der Waals surface area (Å²) in [5.74, 6) is -0.390. The van der Waals surface area contributed by atoms with Gasteiger partial charge >= 0.3 is 0 Å². The fraction of sp³-hybridized carbons (Fsp3) is 0.500. The summed E-state index contributed by atoms with van der Waals surface area (Å²) in [6, 6.07) is 4.20. The molecular formula is C14H19N3O4. The number of nitro benzene ring substituents is 1. The molecule has 114 valence electrons. The number of carbonyl (C=O) groups is 1. The van der Waals surface area contributed by atoms with E-state index in [9.17, 15) is 14.9 Å². The van der Waals surface area contributed by atoms with Crippen LogP contribution in [0.4, 0.5) is 11.4 Å². The minimum Gasteiger partial charge on any atom is -0.393 e. The number of nitro groups is 1. The van der Waals surface area contributed by atoms with E-state index in [-0.39, 0.29) is 34.5 Å². The first kappa shape index (κ1) is 15.2. The number of amides is 1. The highest BCUT2D eigenvalue weighted by Gasteiger charge is 2.30. The lowest BCUT2D eigenvalue weighted by molar-refractivity contribution is -0.383. The maximum Gasteiger partial charge on any atom is 0.292 e. The fourth-order valence-corrected chi connectivity index (χ4v) is 2.53. The van der Waals surface area contributed by atoms with Crippen molar-refractivity contribution in [2.45, 2.75) is 38.3 Å². The van der Waals surface area contributed by atoms with E-state index in [0.29, 0.717) is 19.4 Å². The van der Waals surface area contributed by atoms with Gasteiger partial charge < -0.3 is 15.8 Å². The molecule has 0 spiro atoms. The van der Waals surface area contributed by atoms with Gasteiger partial charge in [0.25, 0.3) is 11.6 Å². The number of anilines is 1. The van der Waals surface area contributed by atoms with Crippen LogP contribution in [0.2, 0.25) is 0 Å². The molecule has 1 amide bonds. The van der Waals surface area contributed by atoms with Crippen molar-refractivity contribution in [3.8, 4) is 0 Å². The molecule has 2 rings (SSSR count). The summed E-state index contributed by atoms with van der Waals surface area (Å²) in [5.41, 5.74) is 5.20. The van der Waals surface area contributed by atoms with Gasteiger partial charge in [-0.15, -0.1) is 0 Å². The molecule has 1 saturated heterocycles. The van der Waals surface area contributed by atoms with Crippen molar-refractivity contribution < 1.29 is 14.5 Å². The Balaban J connectivity index is 2.14. The van der Waals surface area contributed by atoms with E-state index in [2.05, 4.69) is 5.32 Å². The lowest BCUT2D eigenvalue weighted by atomic mass is 9.93. The topological polar surface area (TPSA) is 107 Å². The summed E-state index contributed by atoms with van der Waals surface area (Å²) in [6.07, 6.45) is 1.40. The molecule has 0 bridgehead atoms. The minimum absolute atomic E-state index is 0.0279. The molecule has 0 radical (unpaired) electrons. The lowest BCUT2D eigenvalue weighted by Crippen LogP contribution is -2.45. The third-order valence-electron chi connectivity index (χ3n) is 3.56. The number of nitrogens with one attached hydrogen (secondary N) is 1. The average molecular weight is 293 g/mol. The van der Waals surface area contributed by atoms with Crippen LogP contribution in [0, 0.1) is 10.1 Å². The molecular weight excluding hydrogens is 274 g/mol. The number of carbonyl (C=O) groups excluding carboxylic acids is 1. The van der Waals surface area contributed by atoms with Crippen LogP contribution >= 0.6 is 0 Å². The van der Waals surface area contributed by atoms with Crippen LogP contribution in [0.15, 0.2) is 18.2 Å². The molecule has 1 heterocycles. The fourth-order valence-electron chi connectivity index (χ4n) is 2.53. The van der Waals surface area contributed by atoms with Gasteiger partial charge in [-0.1, -0.05) is 6.07 Å². The molecule has 1 unspecified atom stereocenters. The maximum atomic E-state index is 12.3. The number of hydrogen-bond acceptors (Lipinski definition) is 5. The highest BCUT2D eigenvalue weighted by Crippen LogP contribution is 2.27. The van der Waals surface area contributed by atoms with Crippen LogP contribution in [0.1, 0.15) is 37.0 Å². The van der Waals surface area contributed by atoms with E-state index in [1.165, 1.54) is 18.2 Å². The number of hydrogen-bond donors (Lipinski definition) is 2. The highest BCUT2D eigenvalue weighted by molar-refractivity contribution is 6.01. The lowest BCUT2D eigenvalue weighted by Gasteiger charge is -2.35. The number of nitrogens with two attached hydrogens (primary N) is 1. The molecule has 1 atom stereocenters. The number of nitrogens with zero attached hydrogens (tertiary/aromatic N) is 1. The van der Waals surface area contributed by atoms with Gasteiger partial charge in [0.15, 0.2) is 0 Å². The van der Waals surface area contributed by atoms with Gasteiger partial charge in [-0.05, 0) is 32.8 Å². The number of ether oxygens (including phenoxy) is 1. The van der Waals surface area contributed by atoms with E-state index in [4.69, 9.17) is 10.5 Å². The Morgan fingerprint density at radius 1 is 1.52 bits per heavy atom. The van der Waals surface area contributed by atoms with Crippen LogP contribution < -0.4 is 11.1 Å². The third-order valence-corrected chi connectivity index (χ3v) is 3.56.